The quantitative estimate of drug-likeness (QED) is 0.857. The van der Waals surface area contributed by atoms with Crippen LogP contribution in [-0.2, 0) is 6.54 Å². The number of carbonyl (C=O) groups is 1. The first kappa shape index (κ1) is 15.1. The number of nitrogens with zero attached hydrogens (tertiary/aromatic N) is 2. The SMILES string of the molecule is CC(C)N(CCC#N)Cc1cc(C(=O)O)ccc1F. The summed E-state index contributed by atoms with van der Waals surface area (Å²) < 4.78 is 13.7. The molecule has 0 saturated heterocycles. The maximum Gasteiger partial charge on any atom is 0.335 e. The summed E-state index contributed by atoms with van der Waals surface area (Å²) in [5, 5.41) is 17.5. The second kappa shape index (κ2) is 6.86. The lowest BCUT2D eigenvalue weighted by molar-refractivity contribution is 0.0696. The van der Waals surface area contributed by atoms with E-state index in [1.54, 1.807) is 0 Å². The van der Waals surface area contributed by atoms with Crippen molar-refractivity contribution in [3.05, 3.63) is 35.1 Å². The molecular weight excluding hydrogens is 247 g/mol. The van der Waals surface area contributed by atoms with Gasteiger partial charge in [0.25, 0.3) is 0 Å². The Kier molecular flexibility index (Phi) is 5.46. The van der Waals surface area contributed by atoms with Gasteiger partial charge in [0.15, 0.2) is 0 Å². The minimum atomic E-state index is -1.07. The highest BCUT2D eigenvalue weighted by molar-refractivity contribution is 5.87. The zero-order valence-corrected chi connectivity index (χ0v) is 11.1. The van der Waals surface area contributed by atoms with Gasteiger partial charge in [0, 0.05) is 31.1 Å². The van der Waals surface area contributed by atoms with Gasteiger partial charge in [-0.25, -0.2) is 9.18 Å². The molecule has 1 N–H and O–H groups in total. The van der Waals surface area contributed by atoms with Crippen molar-refractivity contribution < 1.29 is 14.3 Å². The molecule has 0 amide bonds. The van der Waals surface area contributed by atoms with Gasteiger partial charge in [-0.2, -0.15) is 5.26 Å². The van der Waals surface area contributed by atoms with Gasteiger partial charge in [0.2, 0.25) is 0 Å². The van der Waals surface area contributed by atoms with Gasteiger partial charge in [-0.3, -0.25) is 4.90 Å². The average Bonchev–Trinajstić information content (AvgIpc) is 2.35. The van der Waals surface area contributed by atoms with Crippen molar-refractivity contribution in [1.82, 2.24) is 4.90 Å². The van der Waals surface area contributed by atoms with E-state index in [4.69, 9.17) is 10.4 Å². The Morgan fingerprint density at radius 1 is 1.53 bits per heavy atom. The number of carboxylic acids is 1. The first-order chi connectivity index (χ1) is 8.95. The third-order valence-electron chi connectivity index (χ3n) is 2.91. The first-order valence-electron chi connectivity index (χ1n) is 6.08. The molecule has 0 aliphatic heterocycles. The standard InChI is InChI=1S/C14H17FN2O2/c1-10(2)17(7-3-6-16)9-12-8-11(14(18)19)4-5-13(12)15/h4-5,8,10H,3,7,9H2,1-2H3,(H,18,19). The van der Waals surface area contributed by atoms with Crippen LogP contribution in [0.3, 0.4) is 0 Å². The summed E-state index contributed by atoms with van der Waals surface area (Å²) in [6.07, 6.45) is 0.360. The number of nitriles is 1. The van der Waals surface area contributed by atoms with Crippen LogP contribution in [0.25, 0.3) is 0 Å². The number of aromatic carboxylic acids is 1. The number of hydrogen-bond acceptors (Lipinski definition) is 3. The molecule has 19 heavy (non-hydrogen) atoms. The van der Waals surface area contributed by atoms with Gasteiger partial charge in [0.1, 0.15) is 5.82 Å². The molecule has 4 nitrogen and oxygen atoms in total. The topological polar surface area (TPSA) is 64.3 Å². The molecule has 1 rings (SSSR count). The average molecular weight is 264 g/mol. The molecule has 0 radical (unpaired) electrons. The Balaban J connectivity index is 2.92. The number of hydrogen-bond donors (Lipinski definition) is 1. The lowest BCUT2D eigenvalue weighted by Gasteiger charge is -2.25. The van der Waals surface area contributed by atoms with Crippen molar-refractivity contribution in [3.63, 3.8) is 0 Å². The molecule has 5 heteroatoms. The summed E-state index contributed by atoms with van der Waals surface area (Å²) in [6, 6.07) is 5.97. The summed E-state index contributed by atoms with van der Waals surface area (Å²) in [5.74, 6) is -1.50. The Morgan fingerprint density at radius 3 is 2.74 bits per heavy atom. The van der Waals surface area contributed by atoms with E-state index in [-0.39, 0.29) is 11.6 Å². The molecule has 0 unspecified atom stereocenters. The molecule has 102 valence electrons. The van der Waals surface area contributed by atoms with Gasteiger partial charge in [-0.15, -0.1) is 0 Å². The molecule has 1 aromatic carbocycles. The molecule has 0 aromatic heterocycles. The minimum Gasteiger partial charge on any atom is -0.478 e. The maximum atomic E-state index is 13.7. The Labute approximate surface area is 112 Å². The molecule has 0 heterocycles. The van der Waals surface area contributed by atoms with Crippen LogP contribution < -0.4 is 0 Å². The maximum absolute atomic E-state index is 13.7. The number of halogens is 1. The summed E-state index contributed by atoms with van der Waals surface area (Å²) in [5.41, 5.74) is 0.409. The van der Waals surface area contributed by atoms with E-state index in [9.17, 15) is 9.18 Å². The molecule has 1 aromatic rings. The van der Waals surface area contributed by atoms with E-state index >= 15 is 0 Å². The van der Waals surface area contributed by atoms with E-state index in [1.807, 2.05) is 18.7 Å². The predicted octanol–water partition coefficient (Wildman–Crippen LogP) is 2.65. The van der Waals surface area contributed by atoms with Crippen molar-refractivity contribution in [1.29, 1.82) is 5.26 Å². The first-order valence-corrected chi connectivity index (χ1v) is 6.08. The predicted molar refractivity (Wildman–Crippen MR) is 69.1 cm³/mol. The fourth-order valence-corrected chi connectivity index (χ4v) is 1.76. The fourth-order valence-electron chi connectivity index (χ4n) is 1.76. The highest BCUT2D eigenvalue weighted by atomic mass is 19.1. The van der Waals surface area contributed by atoms with Crippen LogP contribution in [0.5, 0.6) is 0 Å². The van der Waals surface area contributed by atoms with Crippen molar-refractivity contribution in [3.8, 4) is 6.07 Å². The van der Waals surface area contributed by atoms with Crippen molar-refractivity contribution in [2.45, 2.75) is 32.9 Å². The van der Waals surface area contributed by atoms with Crippen LogP contribution >= 0.6 is 0 Å². The van der Waals surface area contributed by atoms with Gasteiger partial charge >= 0.3 is 5.97 Å². The van der Waals surface area contributed by atoms with Crippen molar-refractivity contribution in [2.75, 3.05) is 6.54 Å². The zero-order valence-electron chi connectivity index (χ0n) is 11.1. The number of rotatable bonds is 6. The lowest BCUT2D eigenvalue weighted by atomic mass is 10.1. The third kappa shape index (κ3) is 4.34. The molecular formula is C14H17FN2O2. The molecule has 0 bridgehead atoms. The van der Waals surface area contributed by atoms with E-state index in [0.29, 0.717) is 25.1 Å². The second-order valence-electron chi connectivity index (χ2n) is 4.58. The largest absolute Gasteiger partial charge is 0.478 e. The molecule has 0 atom stereocenters. The van der Waals surface area contributed by atoms with Crippen molar-refractivity contribution in [2.24, 2.45) is 0 Å². The number of benzene rings is 1. The van der Waals surface area contributed by atoms with Crippen LogP contribution in [-0.4, -0.2) is 28.6 Å². The lowest BCUT2D eigenvalue weighted by Crippen LogP contribution is -2.31. The van der Waals surface area contributed by atoms with Crippen molar-refractivity contribution >= 4 is 5.97 Å². The molecule has 0 saturated carbocycles. The highest BCUT2D eigenvalue weighted by Gasteiger charge is 2.14. The van der Waals surface area contributed by atoms with E-state index in [2.05, 4.69) is 6.07 Å². The van der Waals surface area contributed by atoms with Crippen LogP contribution in [0.4, 0.5) is 4.39 Å². The Morgan fingerprint density at radius 2 is 2.21 bits per heavy atom. The van der Waals surface area contributed by atoms with Crippen LogP contribution in [0, 0.1) is 17.1 Å². The fraction of sp³-hybridized carbons (Fsp3) is 0.429. The van der Waals surface area contributed by atoms with E-state index in [0.717, 1.165) is 0 Å². The zero-order chi connectivity index (χ0) is 14.4. The highest BCUT2D eigenvalue weighted by Crippen LogP contribution is 2.15. The smallest absolute Gasteiger partial charge is 0.335 e. The summed E-state index contributed by atoms with van der Waals surface area (Å²) in [7, 11) is 0. The molecule has 0 aliphatic carbocycles. The van der Waals surface area contributed by atoms with Crippen LogP contribution in [0.15, 0.2) is 18.2 Å². The molecule has 0 spiro atoms. The number of carboxylic acid groups (broad SMARTS) is 1. The van der Waals surface area contributed by atoms with Gasteiger partial charge in [0.05, 0.1) is 11.6 Å². The summed E-state index contributed by atoms with van der Waals surface area (Å²) >= 11 is 0. The summed E-state index contributed by atoms with van der Waals surface area (Å²) in [6.45, 7) is 4.74. The third-order valence-corrected chi connectivity index (χ3v) is 2.91. The van der Waals surface area contributed by atoms with Crippen LogP contribution in [0.1, 0.15) is 36.2 Å². The summed E-state index contributed by atoms with van der Waals surface area (Å²) in [4.78, 5) is 12.8. The van der Waals surface area contributed by atoms with Gasteiger partial charge in [-0.05, 0) is 32.0 Å². The second-order valence-corrected chi connectivity index (χ2v) is 4.58. The van der Waals surface area contributed by atoms with E-state index < -0.39 is 11.8 Å². The molecule has 0 aliphatic rings. The minimum absolute atomic E-state index is 0.0698. The van der Waals surface area contributed by atoms with Crippen LogP contribution in [0.2, 0.25) is 0 Å². The normalized spacial score (nSPS) is 10.7. The Hall–Kier alpha value is -1.93. The van der Waals surface area contributed by atoms with Gasteiger partial charge in [-0.1, -0.05) is 0 Å². The molecule has 0 fully saturated rings. The Bertz CT molecular complexity index is 495. The van der Waals surface area contributed by atoms with Gasteiger partial charge < -0.3 is 5.11 Å². The monoisotopic (exact) mass is 264 g/mol. The van der Waals surface area contributed by atoms with E-state index in [1.165, 1.54) is 18.2 Å².